The van der Waals surface area contributed by atoms with Crippen LogP contribution in [0.15, 0.2) is 37.0 Å². The predicted molar refractivity (Wildman–Crippen MR) is 76.4 cm³/mol. The van der Waals surface area contributed by atoms with Gasteiger partial charge in [0.25, 0.3) is 5.60 Å². The fraction of sp³-hybridized carbons (Fsp3) is 0.500. The summed E-state index contributed by atoms with van der Waals surface area (Å²) in [5.41, 5.74) is -7.24. The topological polar surface area (TPSA) is 94.8 Å². The molecule has 0 saturated carbocycles. The van der Waals surface area contributed by atoms with Crippen LogP contribution in [0, 0.1) is 0 Å². The molecule has 0 aliphatic heterocycles. The molecule has 0 unspecified atom stereocenters. The van der Waals surface area contributed by atoms with Crippen LogP contribution in [0.3, 0.4) is 0 Å². The van der Waals surface area contributed by atoms with Crippen molar-refractivity contribution in [2.75, 3.05) is 0 Å². The maximum atomic E-state index is 11.8. The molecule has 0 aromatic carbocycles. The molecule has 3 N–H and O–H groups in total. The quantitative estimate of drug-likeness (QED) is 0.222. The van der Waals surface area contributed by atoms with E-state index in [2.05, 4.69) is 13.2 Å². The van der Waals surface area contributed by atoms with Gasteiger partial charge in [0.1, 0.15) is 5.57 Å². The van der Waals surface area contributed by atoms with Gasteiger partial charge >= 0.3 is 35.1 Å². The maximum Gasteiger partial charge on any atom is 0.426 e. The molecule has 0 aromatic rings. The van der Waals surface area contributed by atoms with Crippen LogP contribution in [0.25, 0.3) is 0 Å². The van der Waals surface area contributed by atoms with Crippen molar-refractivity contribution in [1.82, 2.24) is 0 Å². The SMILES string of the molecule is C=CC=C(C(F)(F)F)C(F)(F)F.C=CCC(O)(C(F)(F)F)C(F)(F)F.O=S(=O)(O)O. The van der Waals surface area contributed by atoms with E-state index in [1.165, 1.54) is 0 Å². The highest BCUT2D eigenvalue weighted by atomic mass is 32.3. The number of allylic oxidation sites excluding steroid dienone is 3. The van der Waals surface area contributed by atoms with Crippen LogP contribution >= 0.6 is 0 Å². The maximum absolute atomic E-state index is 11.8. The van der Waals surface area contributed by atoms with Crippen LogP contribution in [-0.2, 0) is 10.4 Å². The summed E-state index contributed by atoms with van der Waals surface area (Å²) < 4.78 is 172. The molecule has 0 radical (unpaired) electrons. The first-order valence-corrected chi connectivity index (χ1v) is 7.79. The van der Waals surface area contributed by atoms with Gasteiger partial charge in [-0.2, -0.15) is 61.1 Å². The molecule has 18 heteroatoms. The minimum absolute atomic E-state index is 0.111. The van der Waals surface area contributed by atoms with Crippen molar-refractivity contribution in [3.05, 3.63) is 37.0 Å². The Hall–Kier alpha value is -1.79. The fourth-order valence-electron chi connectivity index (χ4n) is 1.07. The zero-order valence-corrected chi connectivity index (χ0v) is 14.8. The first kappa shape index (κ1) is 32.9. The largest absolute Gasteiger partial charge is 0.426 e. The lowest BCUT2D eigenvalue weighted by molar-refractivity contribution is -0.366. The van der Waals surface area contributed by atoms with Gasteiger partial charge in [-0.15, -0.1) is 6.58 Å². The minimum atomic E-state index is -5.75. The molecule has 0 rings (SSSR count). The van der Waals surface area contributed by atoms with Crippen molar-refractivity contribution < 1.29 is 75.3 Å². The Bertz CT molecular complexity index is 644. The lowest BCUT2D eigenvalue weighted by Gasteiger charge is -2.31. The monoisotopic (exact) mass is 496 g/mol. The van der Waals surface area contributed by atoms with Crippen LogP contribution in [0.5, 0.6) is 0 Å². The van der Waals surface area contributed by atoms with E-state index < -0.39 is 52.7 Å². The number of halogens is 12. The van der Waals surface area contributed by atoms with E-state index in [1.54, 1.807) is 0 Å². The van der Waals surface area contributed by atoms with Gasteiger partial charge in [0.05, 0.1) is 0 Å². The van der Waals surface area contributed by atoms with Crippen molar-refractivity contribution in [3.63, 3.8) is 0 Å². The van der Waals surface area contributed by atoms with Gasteiger partial charge in [0, 0.05) is 6.42 Å². The predicted octanol–water partition coefficient (Wildman–Crippen LogP) is 4.99. The Morgan fingerprint density at radius 3 is 1.10 bits per heavy atom. The molecule has 30 heavy (non-hydrogen) atoms. The average molecular weight is 496 g/mol. The first-order valence-electron chi connectivity index (χ1n) is 6.39. The molecule has 5 nitrogen and oxygen atoms in total. The third-order valence-corrected chi connectivity index (χ3v) is 2.27. The molecule has 0 amide bonds. The van der Waals surface area contributed by atoms with E-state index in [1.807, 2.05) is 0 Å². The summed E-state index contributed by atoms with van der Waals surface area (Å²) in [5, 5.41) is 8.36. The van der Waals surface area contributed by atoms with Crippen molar-refractivity contribution in [2.45, 2.75) is 36.7 Å². The summed E-state index contributed by atoms with van der Waals surface area (Å²) in [4.78, 5) is 0. The molecule has 0 bridgehead atoms. The van der Waals surface area contributed by atoms with Crippen molar-refractivity contribution in [2.24, 2.45) is 0 Å². The Labute approximate surface area is 160 Å². The molecule has 0 aromatic heterocycles. The van der Waals surface area contributed by atoms with Gasteiger partial charge < -0.3 is 5.11 Å². The number of rotatable bonds is 3. The molecule has 0 aliphatic carbocycles. The standard InChI is InChI=1S/C6H6F6O.C6H4F6.H2O4S/c1-2-3-4(13,5(7,8)9)6(10,11)12;1-2-3-4(5(7,8)9)6(10,11)12;1-5(2,3)4/h2,13H,1,3H2;2-3H,1H2;(H2,1,2,3,4). The van der Waals surface area contributed by atoms with Gasteiger partial charge in [0.2, 0.25) is 0 Å². The van der Waals surface area contributed by atoms with E-state index in [-0.39, 0.29) is 6.08 Å². The normalized spacial score (nSPS) is 13.2. The van der Waals surface area contributed by atoms with Crippen molar-refractivity contribution >= 4 is 10.4 Å². The molecule has 0 fully saturated rings. The Morgan fingerprint density at radius 2 is 1.03 bits per heavy atom. The Morgan fingerprint density at radius 1 is 0.767 bits per heavy atom. The number of aliphatic hydroxyl groups is 1. The van der Waals surface area contributed by atoms with E-state index in [9.17, 15) is 52.7 Å². The number of hydrogen-bond donors (Lipinski definition) is 3. The third-order valence-electron chi connectivity index (χ3n) is 2.27. The zero-order chi connectivity index (χ0) is 25.4. The highest BCUT2D eigenvalue weighted by Crippen LogP contribution is 2.45. The van der Waals surface area contributed by atoms with Gasteiger partial charge in [-0.1, -0.05) is 18.7 Å². The second kappa shape index (κ2) is 11.0. The van der Waals surface area contributed by atoms with Crippen LogP contribution in [-0.4, -0.2) is 52.9 Å². The average Bonchev–Trinajstić information content (AvgIpc) is 2.38. The fourth-order valence-corrected chi connectivity index (χ4v) is 1.07. The van der Waals surface area contributed by atoms with Crippen molar-refractivity contribution in [3.8, 4) is 0 Å². The van der Waals surface area contributed by atoms with Crippen LogP contribution < -0.4 is 0 Å². The molecule has 0 saturated heterocycles. The molecule has 0 aliphatic rings. The molecule has 180 valence electrons. The molecular formula is C12H12F12O5S. The lowest BCUT2D eigenvalue weighted by atomic mass is 9.98. The van der Waals surface area contributed by atoms with Gasteiger partial charge in [-0.3, -0.25) is 9.11 Å². The van der Waals surface area contributed by atoms with Crippen LogP contribution in [0.1, 0.15) is 6.42 Å². The highest BCUT2D eigenvalue weighted by Gasteiger charge is 2.69. The zero-order valence-electron chi connectivity index (χ0n) is 14.0. The van der Waals surface area contributed by atoms with E-state index >= 15 is 0 Å². The molecule has 0 spiro atoms. The van der Waals surface area contributed by atoms with E-state index in [0.29, 0.717) is 12.2 Å². The Kier molecular flexibility index (Phi) is 12.1. The smallest absolute Gasteiger partial charge is 0.373 e. The molecule has 0 atom stereocenters. The summed E-state index contributed by atoms with van der Waals surface area (Å²) in [6, 6.07) is 0. The number of alkyl halides is 12. The second-order valence-corrected chi connectivity index (χ2v) is 5.50. The number of hydrogen-bond acceptors (Lipinski definition) is 3. The summed E-state index contributed by atoms with van der Waals surface area (Å²) in [5.74, 6) is 0. The summed E-state index contributed by atoms with van der Waals surface area (Å²) in [6.45, 7) is 5.46. The van der Waals surface area contributed by atoms with Gasteiger partial charge in [-0.05, 0) is 6.08 Å². The lowest BCUT2D eigenvalue weighted by Crippen LogP contribution is -2.56. The minimum Gasteiger partial charge on any atom is -0.373 e. The Balaban J connectivity index is -0.000000399. The third kappa shape index (κ3) is 13.4. The first-order chi connectivity index (χ1) is 12.8. The van der Waals surface area contributed by atoms with Crippen LogP contribution in [0.2, 0.25) is 0 Å². The van der Waals surface area contributed by atoms with E-state index in [0.717, 1.165) is 0 Å². The summed E-state index contributed by atoms with van der Waals surface area (Å²) in [6.07, 6.45) is -23.2. The van der Waals surface area contributed by atoms with E-state index in [4.69, 9.17) is 22.6 Å². The van der Waals surface area contributed by atoms with Crippen LogP contribution in [0.4, 0.5) is 52.7 Å². The summed E-state index contributed by atoms with van der Waals surface area (Å²) in [7, 11) is -4.67. The molecular weight excluding hydrogens is 484 g/mol. The van der Waals surface area contributed by atoms with Crippen molar-refractivity contribution in [1.29, 1.82) is 0 Å². The second-order valence-electron chi connectivity index (χ2n) is 4.61. The highest BCUT2D eigenvalue weighted by molar-refractivity contribution is 7.79. The van der Waals surface area contributed by atoms with Gasteiger partial charge in [-0.25, -0.2) is 0 Å². The molecule has 0 heterocycles. The van der Waals surface area contributed by atoms with Gasteiger partial charge in [0.15, 0.2) is 0 Å². The summed E-state index contributed by atoms with van der Waals surface area (Å²) >= 11 is 0.